The first kappa shape index (κ1) is 16.6. The monoisotopic (exact) mass is 437 g/mol. The van der Waals surface area contributed by atoms with Crippen molar-refractivity contribution in [2.45, 2.75) is 6.54 Å². The average molecular weight is 437 g/mol. The zero-order valence-electron chi connectivity index (χ0n) is 13.1. The van der Waals surface area contributed by atoms with Crippen molar-refractivity contribution in [1.82, 2.24) is 14.1 Å². The molecule has 1 aromatic carbocycles. The zero-order valence-corrected chi connectivity index (χ0v) is 15.3. The van der Waals surface area contributed by atoms with E-state index in [9.17, 15) is 4.79 Å². The summed E-state index contributed by atoms with van der Waals surface area (Å²) in [4.78, 5) is 19.1. The van der Waals surface area contributed by atoms with Crippen LogP contribution in [0.2, 0.25) is 0 Å². The van der Waals surface area contributed by atoms with Gasteiger partial charge in [-0.05, 0) is 29.2 Å². The Morgan fingerprint density at radius 1 is 1.29 bits per heavy atom. The van der Waals surface area contributed by atoms with E-state index in [-0.39, 0.29) is 12.5 Å². The van der Waals surface area contributed by atoms with Crippen molar-refractivity contribution < 1.29 is 9.47 Å². The maximum atomic E-state index is 12.7. The molecule has 0 bridgehead atoms. The van der Waals surface area contributed by atoms with Crippen molar-refractivity contribution in [1.29, 1.82) is 0 Å². The van der Waals surface area contributed by atoms with E-state index in [0.717, 1.165) is 5.52 Å². The number of nitrogens with zero attached hydrogens (tertiary/aromatic N) is 3. The van der Waals surface area contributed by atoms with Gasteiger partial charge >= 0.3 is 5.69 Å². The molecule has 0 saturated carbocycles. The van der Waals surface area contributed by atoms with E-state index in [0.29, 0.717) is 29.4 Å². The average Bonchev–Trinajstić information content (AvgIpc) is 3.20. The van der Waals surface area contributed by atoms with Crippen LogP contribution in [-0.2, 0) is 6.54 Å². The molecule has 7 heteroatoms. The Kier molecular flexibility index (Phi) is 4.89. The number of imidazole rings is 1. The van der Waals surface area contributed by atoms with Crippen molar-refractivity contribution in [3.05, 3.63) is 59.7 Å². The fourth-order valence-electron chi connectivity index (χ4n) is 2.65. The predicted molar refractivity (Wildman–Crippen MR) is 102 cm³/mol. The van der Waals surface area contributed by atoms with E-state index in [1.54, 1.807) is 33.5 Å². The molecule has 3 heterocycles. The summed E-state index contributed by atoms with van der Waals surface area (Å²) in [5.74, 6) is 1.31. The van der Waals surface area contributed by atoms with Crippen LogP contribution in [0.4, 0.5) is 0 Å². The number of rotatable bonds is 3. The molecule has 0 N–H and O–H groups in total. The van der Waals surface area contributed by atoms with Gasteiger partial charge in [0.25, 0.3) is 0 Å². The Morgan fingerprint density at radius 2 is 2.08 bits per heavy atom. The van der Waals surface area contributed by atoms with Crippen molar-refractivity contribution in [2.75, 3.05) is 11.7 Å². The van der Waals surface area contributed by atoms with Gasteiger partial charge in [0.15, 0.2) is 17.1 Å². The largest absolute Gasteiger partial charge is 0.454 e. The normalized spacial score (nSPS) is 11.9. The molecular weight excluding hydrogens is 421 g/mol. The molecule has 124 valence electrons. The van der Waals surface area contributed by atoms with Crippen LogP contribution in [0.3, 0.4) is 0 Å². The van der Waals surface area contributed by atoms with E-state index in [1.807, 2.05) is 23.1 Å². The SMILES string of the molecule is C=CCn1c(=O)n(-c2ccc3c(c2)OCO3)c2ncccc21.CI. The molecule has 0 aliphatic carbocycles. The molecule has 6 nitrogen and oxygen atoms in total. The molecule has 3 aromatic rings. The summed E-state index contributed by atoms with van der Waals surface area (Å²) in [5.41, 5.74) is 1.91. The van der Waals surface area contributed by atoms with Crippen LogP contribution in [0.5, 0.6) is 11.5 Å². The molecule has 24 heavy (non-hydrogen) atoms. The molecule has 1 aliphatic heterocycles. The smallest absolute Gasteiger partial charge is 0.335 e. The lowest BCUT2D eigenvalue weighted by Crippen LogP contribution is -2.22. The predicted octanol–water partition coefficient (Wildman–Crippen LogP) is 3.15. The number of alkyl halides is 1. The fraction of sp³-hybridized carbons (Fsp3) is 0.176. The van der Waals surface area contributed by atoms with Crippen LogP contribution >= 0.6 is 22.6 Å². The van der Waals surface area contributed by atoms with E-state index < -0.39 is 0 Å². The van der Waals surface area contributed by atoms with Crippen LogP contribution in [0.1, 0.15) is 0 Å². The first-order valence-electron chi connectivity index (χ1n) is 7.24. The van der Waals surface area contributed by atoms with Crippen LogP contribution < -0.4 is 15.2 Å². The number of hydrogen-bond acceptors (Lipinski definition) is 4. The van der Waals surface area contributed by atoms with Crippen LogP contribution in [0.25, 0.3) is 16.9 Å². The lowest BCUT2D eigenvalue weighted by atomic mass is 10.2. The minimum absolute atomic E-state index is 0.160. The Morgan fingerprint density at radius 3 is 2.88 bits per heavy atom. The van der Waals surface area contributed by atoms with Gasteiger partial charge in [0, 0.05) is 18.8 Å². The van der Waals surface area contributed by atoms with Crippen LogP contribution in [-0.4, -0.2) is 25.8 Å². The molecule has 0 fully saturated rings. The Bertz CT molecular complexity index is 946. The van der Waals surface area contributed by atoms with Crippen molar-refractivity contribution in [2.24, 2.45) is 0 Å². The van der Waals surface area contributed by atoms with Gasteiger partial charge in [0.05, 0.1) is 11.2 Å². The first-order chi connectivity index (χ1) is 11.8. The molecule has 0 saturated heterocycles. The first-order valence-corrected chi connectivity index (χ1v) is 9.40. The highest BCUT2D eigenvalue weighted by molar-refractivity contribution is 14.1. The van der Waals surface area contributed by atoms with E-state index >= 15 is 0 Å². The number of allylic oxidation sites excluding steroid dienone is 1. The van der Waals surface area contributed by atoms with E-state index in [2.05, 4.69) is 34.2 Å². The van der Waals surface area contributed by atoms with Gasteiger partial charge in [0.1, 0.15) is 0 Å². The van der Waals surface area contributed by atoms with Gasteiger partial charge in [-0.3, -0.25) is 4.57 Å². The van der Waals surface area contributed by atoms with Crippen LogP contribution in [0, 0.1) is 0 Å². The maximum Gasteiger partial charge on any atom is 0.335 e. The molecule has 4 rings (SSSR count). The number of benzene rings is 1. The second kappa shape index (κ2) is 7.08. The maximum absolute atomic E-state index is 12.7. The highest BCUT2D eigenvalue weighted by Crippen LogP contribution is 2.33. The van der Waals surface area contributed by atoms with E-state index in [1.165, 1.54) is 0 Å². The third-order valence-corrected chi connectivity index (χ3v) is 3.62. The van der Waals surface area contributed by atoms with Crippen LogP contribution in [0.15, 0.2) is 54.0 Å². The molecule has 1 aliphatic rings. The summed E-state index contributed by atoms with van der Waals surface area (Å²) in [7, 11) is 0. The summed E-state index contributed by atoms with van der Waals surface area (Å²) in [5, 5.41) is 0. The number of halogens is 1. The number of pyridine rings is 1. The highest BCUT2D eigenvalue weighted by Gasteiger charge is 2.18. The highest BCUT2D eigenvalue weighted by atomic mass is 127. The van der Waals surface area contributed by atoms with Crippen molar-refractivity contribution >= 4 is 33.8 Å². The standard InChI is InChI=1S/C16H13N3O3.CH3I/c1-2-8-18-12-4-3-7-17-15(12)19(16(18)20)11-5-6-13-14(9-11)22-10-21-13;1-2/h2-7,9H,1,8,10H2;1H3. The molecule has 0 atom stereocenters. The second-order valence-corrected chi connectivity index (χ2v) is 4.90. The summed E-state index contributed by atoms with van der Waals surface area (Å²) < 4.78 is 13.9. The number of fused-ring (bicyclic) bond motifs is 2. The molecule has 0 radical (unpaired) electrons. The van der Waals surface area contributed by atoms with Crippen molar-refractivity contribution in [3.8, 4) is 17.2 Å². The van der Waals surface area contributed by atoms with Gasteiger partial charge in [-0.15, -0.1) is 6.58 Å². The molecule has 0 spiro atoms. The van der Waals surface area contributed by atoms with Crippen molar-refractivity contribution in [3.63, 3.8) is 0 Å². The Hall–Kier alpha value is -2.29. The summed E-state index contributed by atoms with van der Waals surface area (Å²) >= 11 is 2.15. The number of hydrogen-bond donors (Lipinski definition) is 0. The number of aromatic nitrogens is 3. The number of ether oxygens (including phenoxy) is 2. The molecular formula is C17H16IN3O3. The minimum atomic E-state index is -0.160. The third-order valence-electron chi connectivity index (χ3n) is 3.62. The van der Waals surface area contributed by atoms with E-state index in [4.69, 9.17) is 9.47 Å². The summed E-state index contributed by atoms with van der Waals surface area (Å²) in [6.07, 6.45) is 3.36. The van der Waals surface area contributed by atoms with Gasteiger partial charge in [-0.1, -0.05) is 28.7 Å². The molecule has 0 unspecified atom stereocenters. The third kappa shape index (κ3) is 2.68. The minimum Gasteiger partial charge on any atom is -0.454 e. The van der Waals surface area contributed by atoms with Gasteiger partial charge in [-0.25, -0.2) is 14.3 Å². The van der Waals surface area contributed by atoms with Gasteiger partial charge < -0.3 is 9.47 Å². The Balaban J connectivity index is 0.000000815. The van der Waals surface area contributed by atoms with Gasteiger partial charge in [-0.2, -0.15) is 0 Å². The fourth-order valence-corrected chi connectivity index (χ4v) is 2.65. The second-order valence-electron chi connectivity index (χ2n) is 4.90. The molecule has 2 aromatic heterocycles. The van der Waals surface area contributed by atoms with Gasteiger partial charge in [0.2, 0.25) is 6.79 Å². The quantitative estimate of drug-likeness (QED) is 0.359. The Labute approximate surface area is 152 Å². The lowest BCUT2D eigenvalue weighted by molar-refractivity contribution is 0.174. The molecule has 0 amide bonds. The lowest BCUT2D eigenvalue weighted by Gasteiger charge is -2.03. The summed E-state index contributed by atoms with van der Waals surface area (Å²) in [6, 6.07) is 9.09. The summed E-state index contributed by atoms with van der Waals surface area (Å²) in [6.45, 7) is 4.33. The topological polar surface area (TPSA) is 58.3 Å². The zero-order chi connectivity index (χ0) is 17.1.